The third-order valence-electron chi connectivity index (χ3n) is 3.63. The van der Waals surface area contributed by atoms with E-state index in [2.05, 4.69) is 0 Å². The highest BCUT2D eigenvalue weighted by Gasteiger charge is 2.69. The van der Waals surface area contributed by atoms with E-state index in [1.54, 1.807) is 6.92 Å². The molecule has 0 saturated carbocycles. The average Bonchev–Trinajstić information content (AvgIpc) is 2.48. The van der Waals surface area contributed by atoms with Crippen LogP contribution >= 0.6 is 0 Å². The van der Waals surface area contributed by atoms with Crippen LogP contribution in [0, 0.1) is 0 Å². The molecule has 2 rings (SSSR count). The number of carbonyl (C=O) groups is 2. The highest BCUT2D eigenvalue weighted by molar-refractivity contribution is 5.88. The van der Waals surface area contributed by atoms with Crippen molar-refractivity contribution in [3.05, 3.63) is 0 Å². The molecule has 0 bridgehead atoms. The van der Waals surface area contributed by atoms with Crippen LogP contribution in [-0.4, -0.2) is 46.4 Å². The van der Waals surface area contributed by atoms with Crippen LogP contribution in [0.3, 0.4) is 0 Å². The molecular formula is C15H25NO5. The molecule has 0 aromatic heterocycles. The van der Waals surface area contributed by atoms with Crippen LogP contribution in [0.4, 0.5) is 0 Å². The van der Waals surface area contributed by atoms with Gasteiger partial charge in [-0.3, -0.25) is 9.63 Å². The minimum Gasteiger partial charge on any atom is -0.465 e. The number of hydroxylamine groups is 2. The summed E-state index contributed by atoms with van der Waals surface area (Å²) in [5.41, 5.74) is -1.90. The zero-order chi connectivity index (χ0) is 16.1. The molecule has 2 saturated heterocycles. The summed E-state index contributed by atoms with van der Waals surface area (Å²) in [6.07, 6.45) is 0.891. The van der Waals surface area contributed by atoms with Crippen LogP contribution in [-0.2, 0) is 23.9 Å². The number of carbonyl (C=O) groups excluding carboxylic acids is 2. The Bertz CT molecular complexity index is 453. The molecule has 0 aromatic rings. The van der Waals surface area contributed by atoms with Crippen molar-refractivity contribution in [2.75, 3.05) is 6.61 Å². The summed E-state index contributed by atoms with van der Waals surface area (Å²) in [5, 5.41) is 1.49. The molecule has 0 radical (unpaired) electrons. The Labute approximate surface area is 125 Å². The summed E-state index contributed by atoms with van der Waals surface area (Å²) in [5.74, 6) is -0.685. The van der Waals surface area contributed by atoms with Crippen molar-refractivity contribution in [1.29, 1.82) is 0 Å². The van der Waals surface area contributed by atoms with Gasteiger partial charge in [0.1, 0.15) is 17.2 Å². The van der Waals surface area contributed by atoms with Crippen molar-refractivity contribution in [2.45, 2.75) is 77.2 Å². The number of fused-ring (bicyclic) bond motifs is 1. The van der Waals surface area contributed by atoms with Gasteiger partial charge in [0.2, 0.25) is 0 Å². The van der Waals surface area contributed by atoms with Gasteiger partial charge in [0, 0.05) is 12.8 Å². The molecule has 2 aliphatic rings. The summed E-state index contributed by atoms with van der Waals surface area (Å²) in [4.78, 5) is 30.3. The summed E-state index contributed by atoms with van der Waals surface area (Å²) >= 11 is 0. The Kier molecular flexibility index (Phi) is 3.83. The second-order valence-electron chi connectivity index (χ2n) is 7.36. The normalized spacial score (nSPS) is 31.2. The van der Waals surface area contributed by atoms with Gasteiger partial charge in [-0.05, 0) is 41.5 Å². The lowest BCUT2D eigenvalue weighted by molar-refractivity contribution is -0.285. The molecule has 2 atom stereocenters. The van der Waals surface area contributed by atoms with Crippen molar-refractivity contribution in [3.8, 4) is 0 Å². The number of rotatable bonds is 3. The van der Waals surface area contributed by atoms with E-state index in [0.29, 0.717) is 19.4 Å². The highest BCUT2D eigenvalue weighted by atomic mass is 16.7. The Morgan fingerprint density at radius 1 is 1.33 bits per heavy atom. The van der Waals surface area contributed by atoms with Gasteiger partial charge < -0.3 is 9.47 Å². The van der Waals surface area contributed by atoms with E-state index >= 15 is 0 Å². The van der Waals surface area contributed by atoms with Crippen molar-refractivity contribution < 1.29 is 23.9 Å². The maximum absolute atomic E-state index is 12.3. The number of hydrogen-bond donors (Lipinski definition) is 0. The van der Waals surface area contributed by atoms with E-state index in [1.165, 1.54) is 5.06 Å². The third-order valence-corrected chi connectivity index (χ3v) is 3.63. The van der Waals surface area contributed by atoms with Crippen LogP contribution in [0.5, 0.6) is 0 Å². The highest BCUT2D eigenvalue weighted by Crippen LogP contribution is 2.51. The smallest absolute Gasteiger partial charge is 0.329 e. The molecule has 120 valence electrons. The van der Waals surface area contributed by atoms with E-state index in [9.17, 15) is 9.59 Å². The van der Waals surface area contributed by atoms with E-state index < -0.39 is 22.8 Å². The topological polar surface area (TPSA) is 65.1 Å². The molecule has 0 spiro atoms. The van der Waals surface area contributed by atoms with Gasteiger partial charge in [-0.15, -0.1) is 0 Å². The van der Waals surface area contributed by atoms with Crippen molar-refractivity contribution in [3.63, 3.8) is 0 Å². The molecule has 2 unspecified atom stereocenters. The van der Waals surface area contributed by atoms with Gasteiger partial charge in [-0.25, -0.2) is 4.79 Å². The van der Waals surface area contributed by atoms with E-state index in [1.807, 2.05) is 34.6 Å². The molecule has 6 heteroatoms. The molecule has 2 heterocycles. The van der Waals surface area contributed by atoms with E-state index in [4.69, 9.17) is 14.3 Å². The van der Waals surface area contributed by atoms with Crippen molar-refractivity contribution >= 4 is 11.9 Å². The zero-order valence-corrected chi connectivity index (χ0v) is 13.7. The van der Waals surface area contributed by atoms with Crippen LogP contribution in [0.1, 0.15) is 54.4 Å². The number of ether oxygens (including phenoxy) is 2. The molecule has 2 aliphatic heterocycles. The van der Waals surface area contributed by atoms with Crippen LogP contribution in [0.25, 0.3) is 0 Å². The molecular weight excluding hydrogens is 274 g/mol. The lowest BCUT2D eigenvalue weighted by Gasteiger charge is -2.48. The fraction of sp³-hybridized carbons (Fsp3) is 0.867. The van der Waals surface area contributed by atoms with Gasteiger partial charge in [0.15, 0.2) is 0 Å². The van der Waals surface area contributed by atoms with Gasteiger partial charge in [0.25, 0.3) is 0 Å². The summed E-state index contributed by atoms with van der Waals surface area (Å²) in [6, 6.07) is -0.546. The Balaban J connectivity index is 2.15. The first-order valence-electron chi connectivity index (χ1n) is 7.39. The first kappa shape index (κ1) is 16.2. The second-order valence-corrected chi connectivity index (χ2v) is 7.36. The minimum atomic E-state index is -0.846. The lowest BCUT2D eigenvalue weighted by Crippen LogP contribution is -2.69. The predicted molar refractivity (Wildman–Crippen MR) is 75.2 cm³/mol. The number of nitrogens with zero attached hydrogens (tertiary/aromatic N) is 1. The maximum atomic E-state index is 12.3. The largest absolute Gasteiger partial charge is 0.465 e. The average molecular weight is 299 g/mol. The zero-order valence-electron chi connectivity index (χ0n) is 13.7. The molecule has 0 amide bonds. The van der Waals surface area contributed by atoms with Gasteiger partial charge in [0.05, 0.1) is 12.2 Å². The van der Waals surface area contributed by atoms with E-state index in [-0.39, 0.29) is 11.9 Å². The maximum Gasteiger partial charge on any atom is 0.329 e. The second kappa shape index (κ2) is 4.95. The standard InChI is InChI=1S/C15H25NO5/c1-7-19-12(18)15-8-10(11(17)20-13(2,3)4)16(15)21-14(5,6)9-15/h10H,7-9H2,1-6H3. The van der Waals surface area contributed by atoms with Crippen molar-refractivity contribution in [1.82, 2.24) is 5.06 Å². The molecule has 0 aliphatic carbocycles. The molecule has 21 heavy (non-hydrogen) atoms. The quantitative estimate of drug-likeness (QED) is 0.741. The van der Waals surface area contributed by atoms with Crippen LogP contribution in [0.15, 0.2) is 0 Å². The SMILES string of the molecule is CCOC(=O)C12CC(C(=O)OC(C)(C)C)N1OC(C)(C)C2. The van der Waals surface area contributed by atoms with Crippen LogP contribution in [0.2, 0.25) is 0 Å². The Hall–Kier alpha value is -1.14. The monoisotopic (exact) mass is 299 g/mol. The molecule has 0 N–H and O–H groups in total. The molecule has 0 aromatic carbocycles. The van der Waals surface area contributed by atoms with Gasteiger partial charge in [-0.2, -0.15) is 5.06 Å². The molecule has 2 fully saturated rings. The summed E-state index contributed by atoms with van der Waals surface area (Å²) in [7, 11) is 0. The molecule has 6 nitrogen and oxygen atoms in total. The fourth-order valence-corrected chi connectivity index (χ4v) is 3.04. The Morgan fingerprint density at radius 3 is 2.48 bits per heavy atom. The van der Waals surface area contributed by atoms with Gasteiger partial charge in [-0.1, -0.05) is 0 Å². The summed E-state index contributed by atoms with van der Waals surface area (Å²) in [6.45, 7) is 11.3. The fourth-order valence-electron chi connectivity index (χ4n) is 3.04. The number of hydrogen-bond acceptors (Lipinski definition) is 6. The lowest BCUT2D eigenvalue weighted by atomic mass is 9.75. The third kappa shape index (κ3) is 2.92. The minimum absolute atomic E-state index is 0.311. The Morgan fingerprint density at radius 2 is 1.95 bits per heavy atom. The van der Waals surface area contributed by atoms with Crippen molar-refractivity contribution in [2.24, 2.45) is 0 Å². The predicted octanol–water partition coefficient (Wildman–Crippen LogP) is 1.82. The summed E-state index contributed by atoms with van der Waals surface area (Å²) < 4.78 is 10.6. The number of esters is 2. The van der Waals surface area contributed by atoms with Gasteiger partial charge >= 0.3 is 11.9 Å². The van der Waals surface area contributed by atoms with Crippen LogP contribution < -0.4 is 0 Å². The first-order chi connectivity index (χ1) is 9.51. The first-order valence-corrected chi connectivity index (χ1v) is 7.39. The van der Waals surface area contributed by atoms with E-state index in [0.717, 1.165) is 0 Å².